The van der Waals surface area contributed by atoms with Crippen LogP contribution < -0.4 is 16.6 Å². The zero-order chi connectivity index (χ0) is 13.2. The smallest absolute Gasteiger partial charge is 0.0748 e. The number of likely N-dealkylation sites (tertiary alicyclic amines) is 1. The van der Waals surface area contributed by atoms with Crippen molar-refractivity contribution in [3.63, 3.8) is 0 Å². The summed E-state index contributed by atoms with van der Waals surface area (Å²) in [6.07, 6.45) is 3.71. The lowest BCUT2D eigenvalue weighted by Crippen LogP contribution is -2.52. The van der Waals surface area contributed by atoms with Crippen molar-refractivity contribution in [3.8, 4) is 0 Å². The summed E-state index contributed by atoms with van der Waals surface area (Å²) in [5.41, 5.74) is 14.0. The Morgan fingerprint density at radius 1 is 1.26 bits per heavy atom. The molecular formula is C14H21ClN4. The molecule has 1 aromatic rings. The molecule has 19 heavy (non-hydrogen) atoms. The van der Waals surface area contributed by atoms with Crippen molar-refractivity contribution >= 4 is 11.6 Å². The van der Waals surface area contributed by atoms with Crippen LogP contribution in [0.1, 0.15) is 30.9 Å². The molecule has 0 aliphatic carbocycles. The maximum atomic E-state index is 6.26. The molecule has 2 aliphatic heterocycles. The molecule has 104 valence electrons. The van der Waals surface area contributed by atoms with Gasteiger partial charge in [0.05, 0.1) is 12.2 Å². The van der Waals surface area contributed by atoms with Gasteiger partial charge in [-0.25, -0.2) is 10.9 Å². The summed E-state index contributed by atoms with van der Waals surface area (Å²) in [5.74, 6) is 0. The molecule has 5 heteroatoms. The monoisotopic (exact) mass is 280 g/mol. The van der Waals surface area contributed by atoms with Crippen molar-refractivity contribution in [2.24, 2.45) is 5.73 Å². The SMILES string of the molecule is NC1CCCN(C2CC(c3ccccc3Cl)NN2)C1. The normalized spacial score (nSPS) is 32.6. The van der Waals surface area contributed by atoms with Gasteiger partial charge in [0, 0.05) is 17.6 Å². The summed E-state index contributed by atoms with van der Waals surface area (Å²) >= 11 is 6.26. The van der Waals surface area contributed by atoms with E-state index in [1.165, 1.54) is 12.0 Å². The highest BCUT2D eigenvalue weighted by molar-refractivity contribution is 6.31. The highest BCUT2D eigenvalue weighted by Crippen LogP contribution is 2.29. The van der Waals surface area contributed by atoms with E-state index >= 15 is 0 Å². The number of hydrazine groups is 1. The highest BCUT2D eigenvalue weighted by atomic mass is 35.5. The van der Waals surface area contributed by atoms with Crippen molar-refractivity contribution in [1.29, 1.82) is 0 Å². The van der Waals surface area contributed by atoms with Crippen LogP contribution in [0.4, 0.5) is 0 Å². The van der Waals surface area contributed by atoms with Crippen LogP contribution in [-0.4, -0.2) is 30.2 Å². The van der Waals surface area contributed by atoms with Gasteiger partial charge in [-0.3, -0.25) is 4.90 Å². The van der Waals surface area contributed by atoms with Crippen molar-refractivity contribution < 1.29 is 0 Å². The molecule has 4 nitrogen and oxygen atoms in total. The largest absolute Gasteiger partial charge is 0.327 e. The first kappa shape index (κ1) is 13.3. The predicted octanol–water partition coefficient (Wildman–Crippen LogP) is 1.63. The predicted molar refractivity (Wildman–Crippen MR) is 77.7 cm³/mol. The molecule has 3 rings (SSSR count). The van der Waals surface area contributed by atoms with Crippen LogP contribution in [-0.2, 0) is 0 Å². The van der Waals surface area contributed by atoms with Crippen molar-refractivity contribution in [3.05, 3.63) is 34.9 Å². The fourth-order valence-electron chi connectivity index (χ4n) is 3.06. The van der Waals surface area contributed by atoms with Gasteiger partial charge in [-0.1, -0.05) is 29.8 Å². The quantitative estimate of drug-likeness (QED) is 0.771. The number of benzene rings is 1. The van der Waals surface area contributed by atoms with Gasteiger partial charge in [0.1, 0.15) is 0 Å². The van der Waals surface area contributed by atoms with E-state index < -0.39 is 0 Å². The Kier molecular flexibility index (Phi) is 4.05. The second kappa shape index (κ2) is 5.77. The van der Waals surface area contributed by atoms with Gasteiger partial charge in [0.15, 0.2) is 0 Å². The van der Waals surface area contributed by atoms with E-state index in [2.05, 4.69) is 21.8 Å². The molecule has 2 aliphatic rings. The third-order valence-corrected chi connectivity index (χ3v) is 4.44. The Hall–Kier alpha value is -0.650. The third-order valence-electron chi connectivity index (χ3n) is 4.09. The minimum atomic E-state index is 0.275. The fourth-order valence-corrected chi connectivity index (χ4v) is 3.33. The molecule has 0 spiro atoms. The lowest BCUT2D eigenvalue weighted by molar-refractivity contribution is 0.133. The summed E-state index contributed by atoms with van der Waals surface area (Å²) in [6.45, 7) is 2.11. The molecule has 1 aromatic carbocycles. The first-order valence-electron chi connectivity index (χ1n) is 6.99. The summed E-state index contributed by atoms with van der Waals surface area (Å²) in [6, 6.07) is 8.63. The molecule has 2 fully saturated rings. The van der Waals surface area contributed by atoms with Crippen molar-refractivity contribution in [2.75, 3.05) is 13.1 Å². The number of nitrogens with two attached hydrogens (primary N) is 1. The number of piperidine rings is 1. The molecule has 0 aromatic heterocycles. The second-order valence-electron chi connectivity index (χ2n) is 5.51. The summed E-state index contributed by atoms with van der Waals surface area (Å²) < 4.78 is 0. The van der Waals surface area contributed by atoms with E-state index in [0.717, 1.165) is 31.0 Å². The van der Waals surface area contributed by atoms with Gasteiger partial charge in [-0.2, -0.15) is 0 Å². The van der Waals surface area contributed by atoms with Gasteiger partial charge in [-0.15, -0.1) is 0 Å². The maximum absolute atomic E-state index is 6.26. The first-order chi connectivity index (χ1) is 9.24. The standard InChI is InChI=1S/C14H21ClN4/c15-12-6-2-1-5-11(12)13-8-14(18-17-13)19-7-3-4-10(16)9-19/h1-2,5-6,10,13-14,17-18H,3-4,7-9,16H2. The van der Waals surface area contributed by atoms with Crippen LogP contribution in [0.2, 0.25) is 5.02 Å². The maximum Gasteiger partial charge on any atom is 0.0748 e. The summed E-state index contributed by atoms with van der Waals surface area (Å²) in [7, 11) is 0. The van der Waals surface area contributed by atoms with Gasteiger partial charge >= 0.3 is 0 Å². The topological polar surface area (TPSA) is 53.3 Å². The molecule has 3 atom stereocenters. The van der Waals surface area contributed by atoms with E-state index in [0.29, 0.717) is 12.2 Å². The Morgan fingerprint density at radius 3 is 2.89 bits per heavy atom. The number of rotatable bonds is 2. The number of hydrogen-bond donors (Lipinski definition) is 3. The second-order valence-corrected chi connectivity index (χ2v) is 5.92. The van der Waals surface area contributed by atoms with Crippen LogP contribution in [0.5, 0.6) is 0 Å². The summed E-state index contributed by atoms with van der Waals surface area (Å²) in [4.78, 5) is 2.44. The Bertz CT molecular complexity index is 439. The molecule has 2 saturated heterocycles. The highest BCUT2D eigenvalue weighted by Gasteiger charge is 2.32. The molecule has 4 N–H and O–H groups in total. The molecular weight excluding hydrogens is 260 g/mol. The number of nitrogens with one attached hydrogen (secondary N) is 2. The van der Waals surface area contributed by atoms with Crippen LogP contribution in [0, 0.1) is 0 Å². The zero-order valence-corrected chi connectivity index (χ0v) is 11.7. The van der Waals surface area contributed by atoms with Gasteiger partial charge in [0.2, 0.25) is 0 Å². The average molecular weight is 281 g/mol. The first-order valence-corrected chi connectivity index (χ1v) is 7.37. The van der Waals surface area contributed by atoms with E-state index in [-0.39, 0.29) is 6.04 Å². The molecule has 3 unspecified atom stereocenters. The van der Waals surface area contributed by atoms with Crippen LogP contribution in [0.15, 0.2) is 24.3 Å². The molecule has 0 bridgehead atoms. The lowest BCUT2D eigenvalue weighted by atomic mass is 10.0. The van der Waals surface area contributed by atoms with Crippen LogP contribution in [0.3, 0.4) is 0 Å². The molecule has 0 amide bonds. The van der Waals surface area contributed by atoms with E-state index in [1.807, 2.05) is 18.2 Å². The fraction of sp³-hybridized carbons (Fsp3) is 0.571. The van der Waals surface area contributed by atoms with Crippen LogP contribution in [0.25, 0.3) is 0 Å². The minimum Gasteiger partial charge on any atom is -0.327 e. The number of halogens is 1. The molecule has 0 saturated carbocycles. The third kappa shape index (κ3) is 2.93. The van der Waals surface area contributed by atoms with Crippen LogP contribution >= 0.6 is 11.6 Å². The lowest BCUT2D eigenvalue weighted by Gasteiger charge is -2.34. The number of hydrogen-bond acceptors (Lipinski definition) is 4. The minimum absolute atomic E-state index is 0.275. The summed E-state index contributed by atoms with van der Waals surface area (Å²) in [5, 5.41) is 0.831. The van der Waals surface area contributed by atoms with Gasteiger partial charge < -0.3 is 5.73 Å². The van der Waals surface area contributed by atoms with E-state index in [1.54, 1.807) is 0 Å². The Balaban J connectivity index is 1.65. The molecule has 0 radical (unpaired) electrons. The van der Waals surface area contributed by atoms with E-state index in [9.17, 15) is 0 Å². The van der Waals surface area contributed by atoms with Gasteiger partial charge in [0.25, 0.3) is 0 Å². The Labute approximate surface area is 119 Å². The average Bonchev–Trinajstić information content (AvgIpc) is 2.89. The zero-order valence-electron chi connectivity index (χ0n) is 11.0. The van der Waals surface area contributed by atoms with Gasteiger partial charge in [-0.05, 0) is 37.4 Å². The van der Waals surface area contributed by atoms with E-state index in [4.69, 9.17) is 17.3 Å². The van der Waals surface area contributed by atoms with Crippen molar-refractivity contribution in [1.82, 2.24) is 15.8 Å². The Morgan fingerprint density at radius 2 is 2.11 bits per heavy atom. The molecule has 2 heterocycles. The number of nitrogens with zero attached hydrogens (tertiary/aromatic N) is 1. The van der Waals surface area contributed by atoms with Crippen molar-refractivity contribution in [2.45, 2.75) is 37.5 Å².